The summed E-state index contributed by atoms with van der Waals surface area (Å²) in [6, 6.07) is 0. The lowest BCUT2D eigenvalue weighted by Gasteiger charge is -2.15. The van der Waals surface area contributed by atoms with Crippen molar-refractivity contribution in [3.8, 4) is 0 Å². The highest BCUT2D eigenvalue weighted by molar-refractivity contribution is 5.72. The molecule has 0 aromatic heterocycles. The van der Waals surface area contributed by atoms with E-state index in [1.165, 1.54) is 27.7 Å². The molecule has 0 saturated carbocycles. The van der Waals surface area contributed by atoms with E-state index >= 15 is 0 Å². The molecule has 3 aliphatic rings. The number of ether oxygens (including phenoxy) is 10. The van der Waals surface area contributed by atoms with Gasteiger partial charge in [0.15, 0.2) is 0 Å². The maximum Gasteiger partial charge on any atom is 0.508 e. The van der Waals surface area contributed by atoms with Crippen molar-refractivity contribution in [1.82, 2.24) is 0 Å². The summed E-state index contributed by atoms with van der Waals surface area (Å²) in [7, 11) is 0. The Bertz CT molecular complexity index is 783. The minimum atomic E-state index is -0.990. The third-order valence-electron chi connectivity index (χ3n) is 3.78. The molecular weight excluding hydrogens is 548 g/mol. The lowest BCUT2D eigenvalue weighted by molar-refractivity contribution is -0.191. The van der Waals surface area contributed by atoms with Gasteiger partial charge in [0.25, 0.3) is 0 Å². The summed E-state index contributed by atoms with van der Waals surface area (Å²) in [4.78, 5) is 69.8. The number of rotatable bonds is 10. The van der Waals surface area contributed by atoms with E-state index in [0.717, 1.165) is 0 Å². The first-order valence-corrected chi connectivity index (χ1v) is 11.9. The van der Waals surface area contributed by atoms with Crippen LogP contribution in [-0.2, 0) is 61.8 Å². The molecule has 0 spiro atoms. The standard InChI is InChI=1S/C15H22O11.C4H6O3.C3H6O.CO2/c1-9(25-14(17)23-7-11-5-19-11)3-21-13(16)22-4-10(2)26-15(18)24-8-12-6-20-12;1-3-2-6-4(5)7-3;1-3(2)4;2-1-3/h9-12H,3-8H2,1-2H3;3H,2H2,1H3;1-2H3;. The van der Waals surface area contributed by atoms with Crippen LogP contribution in [0.1, 0.15) is 34.6 Å². The van der Waals surface area contributed by atoms with E-state index in [1.54, 1.807) is 6.92 Å². The minimum absolute atomic E-state index is 0.0486. The highest BCUT2D eigenvalue weighted by atomic mass is 16.8. The Morgan fingerprint density at radius 1 is 0.800 bits per heavy atom. The fraction of sp³-hybridized carbons (Fsp3) is 0.739. The first kappa shape index (κ1) is 36.0. The molecule has 40 heavy (non-hydrogen) atoms. The smallest absolute Gasteiger partial charge is 0.431 e. The van der Waals surface area contributed by atoms with Crippen molar-refractivity contribution < 1.29 is 80.9 Å². The van der Waals surface area contributed by atoms with Gasteiger partial charge in [-0.3, -0.25) is 0 Å². The van der Waals surface area contributed by atoms with Crippen LogP contribution >= 0.6 is 0 Å². The van der Waals surface area contributed by atoms with Crippen molar-refractivity contribution in [1.29, 1.82) is 0 Å². The number of epoxide rings is 2. The second-order valence-electron chi connectivity index (χ2n) is 8.24. The molecule has 3 heterocycles. The topological polar surface area (TPSA) is 218 Å². The highest BCUT2D eigenvalue weighted by Crippen LogP contribution is 2.10. The van der Waals surface area contributed by atoms with Gasteiger partial charge in [-0.1, -0.05) is 0 Å². The van der Waals surface area contributed by atoms with E-state index in [4.69, 9.17) is 47.5 Å². The molecule has 3 rings (SSSR count). The lowest BCUT2D eigenvalue weighted by Crippen LogP contribution is -2.26. The van der Waals surface area contributed by atoms with Crippen molar-refractivity contribution in [3.05, 3.63) is 0 Å². The van der Waals surface area contributed by atoms with Crippen LogP contribution in [0.2, 0.25) is 0 Å². The summed E-state index contributed by atoms with van der Waals surface area (Å²) in [5.41, 5.74) is 0. The van der Waals surface area contributed by atoms with Crippen LogP contribution in [0, 0.1) is 0 Å². The average Bonchev–Trinajstić information content (AvgIpc) is 3.79. The van der Waals surface area contributed by atoms with Crippen LogP contribution in [0.3, 0.4) is 0 Å². The van der Waals surface area contributed by atoms with Crippen LogP contribution in [0.5, 0.6) is 0 Å². The van der Waals surface area contributed by atoms with Crippen LogP contribution in [-0.4, -0.2) is 113 Å². The van der Waals surface area contributed by atoms with E-state index in [-0.39, 0.29) is 56.7 Å². The van der Waals surface area contributed by atoms with Crippen LogP contribution in [0.4, 0.5) is 19.2 Å². The number of ketones is 1. The third kappa shape index (κ3) is 24.4. The Labute approximate surface area is 229 Å². The highest BCUT2D eigenvalue weighted by Gasteiger charge is 2.26. The minimum Gasteiger partial charge on any atom is -0.431 e. The van der Waals surface area contributed by atoms with E-state index in [9.17, 15) is 24.0 Å². The Kier molecular flexibility index (Phi) is 18.9. The quantitative estimate of drug-likeness (QED) is 0.203. The molecule has 5 unspecified atom stereocenters. The van der Waals surface area contributed by atoms with Gasteiger partial charge in [0.1, 0.15) is 69.3 Å². The Balaban J connectivity index is 0.000000888. The summed E-state index contributed by atoms with van der Waals surface area (Å²) < 4.78 is 47.5. The van der Waals surface area contributed by atoms with Gasteiger partial charge in [-0.25, -0.2) is 19.2 Å². The van der Waals surface area contributed by atoms with Gasteiger partial charge in [-0.15, -0.1) is 0 Å². The maximum atomic E-state index is 11.4. The molecule has 228 valence electrons. The Morgan fingerprint density at radius 2 is 1.18 bits per heavy atom. The lowest BCUT2D eigenvalue weighted by atomic mass is 10.4. The average molecular weight is 583 g/mol. The molecule has 0 bridgehead atoms. The van der Waals surface area contributed by atoms with Gasteiger partial charge >= 0.3 is 30.8 Å². The van der Waals surface area contributed by atoms with Crippen molar-refractivity contribution in [3.63, 3.8) is 0 Å². The molecule has 0 aromatic rings. The molecular formula is C23H34O17. The molecule has 3 fully saturated rings. The van der Waals surface area contributed by atoms with Gasteiger partial charge < -0.3 is 52.2 Å². The number of hydrogen-bond acceptors (Lipinski definition) is 17. The summed E-state index contributed by atoms with van der Waals surface area (Å²) >= 11 is 0. The number of carbonyl (C=O) groups excluding carboxylic acids is 7. The molecule has 17 heteroatoms. The first-order chi connectivity index (χ1) is 18.9. The van der Waals surface area contributed by atoms with Crippen LogP contribution < -0.4 is 0 Å². The first-order valence-electron chi connectivity index (χ1n) is 11.9. The summed E-state index contributed by atoms with van der Waals surface area (Å²) in [6.07, 6.45) is -4.65. The number of Topliss-reactive ketones (excluding diaryl/α,β-unsaturated/α-hetero) is 1. The molecule has 3 saturated heterocycles. The van der Waals surface area contributed by atoms with E-state index < -0.39 is 36.8 Å². The van der Waals surface area contributed by atoms with Gasteiger partial charge in [-0.05, 0) is 34.6 Å². The second-order valence-corrected chi connectivity index (χ2v) is 8.24. The molecule has 0 aromatic carbocycles. The summed E-state index contributed by atoms with van der Waals surface area (Å²) in [5, 5.41) is 0. The zero-order valence-electron chi connectivity index (χ0n) is 22.8. The van der Waals surface area contributed by atoms with Crippen molar-refractivity contribution in [2.45, 2.75) is 65.1 Å². The SMILES string of the molecule is CC(C)=O.CC(COC(=O)OCC(C)OC(=O)OCC1CO1)OC(=O)OCC1CO1.CC1COC(=O)O1.O=C=O. The largest absolute Gasteiger partial charge is 0.508 e. The van der Waals surface area contributed by atoms with E-state index in [2.05, 4.69) is 9.47 Å². The molecule has 17 nitrogen and oxygen atoms in total. The molecule has 3 aliphatic heterocycles. The molecule has 0 radical (unpaired) electrons. The Hall–Kier alpha value is -3.95. The number of cyclic esters (lactones) is 2. The van der Waals surface area contributed by atoms with Gasteiger partial charge in [0, 0.05) is 0 Å². The van der Waals surface area contributed by atoms with Gasteiger partial charge in [-0.2, -0.15) is 9.59 Å². The third-order valence-corrected chi connectivity index (χ3v) is 3.78. The van der Waals surface area contributed by atoms with Crippen LogP contribution in [0.15, 0.2) is 0 Å². The molecule has 0 aliphatic carbocycles. The summed E-state index contributed by atoms with van der Waals surface area (Å²) in [6.45, 7) is 9.23. The van der Waals surface area contributed by atoms with Crippen molar-refractivity contribution in [2.75, 3.05) is 46.2 Å². The monoisotopic (exact) mass is 582 g/mol. The number of carbonyl (C=O) groups is 5. The zero-order valence-corrected chi connectivity index (χ0v) is 22.8. The van der Waals surface area contributed by atoms with Gasteiger partial charge in [0.05, 0.1) is 13.2 Å². The van der Waals surface area contributed by atoms with Crippen molar-refractivity contribution >= 4 is 36.6 Å². The van der Waals surface area contributed by atoms with Gasteiger partial charge in [0.2, 0.25) is 0 Å². The van der Waals surface area contributed by atoms with Crippen LogP contribution in [0.25, 0.3) is 0 Å². The molecule has 5 atom stereocenters. The predicted molar refractivity (Wildman–Crippen MR) is 124 cm³/mol. The molecule has 0 N–H and O–H groups in total. The summed E-state index contributed by atoms with van der Waals surface area (Å²) in [5.74, 6) is 0.167. The van der Waals surface area contributed by atoms with E-state index in [1.807, 2.05) is 0 Å². The second kappa shape index (κ2) is 20.9. The van der Waals surface area contributed by atoms with E-state index in [0.29, 0.717) is 19.8 Å². The van der Waals surface area contributed by atoms with Crippen molar-refractivity contribution in [2.24, 2.45) is 0 Å². The fourth-order valence-corrected chi connectivity index (χ4v) is 1.95. The Morgan fingerprint density at radius 3 is 1.43 bits per heavy atom. The predicted octanol–water partition coefficient (Wildman–Crippen LogP) is 1.57. The maximum absolute atomic E-state index is 11.4. The number of hydrogen-bond donors (Lipinski definition) is 0. The molecule has 0 amide bonds. The normalized spacial score (nSPS) is 20.5. The zero-order chi connectivity index (χ0) is 30.5. The fourth-order valence-electron chi connectivity index (χ4n) is 1.95.